The van der Waals surface area contributed by atoms with Gasteiger partial charge in [-0.2, -0.15) is 0 Å². The Morgan fingerprint density at radius 1 is 1.44 bits per heavy atom. The van der Waals surface area contributed by atoms with E-state index < -0.39 is 5.97 Å². The normalized spacial score (nSPS) is 18.7. The van der Waals surface area contributed by atoms with E-state index in [1.807, 2.05) is 6.07 Å². The Morgan fingerprint density at radius 3 is 2.89 bits per heavy atom. The highest BCUT2D eigenvalue weighted by Crippen LogP contribution is 2.09. The van der Waals surface area contributed by atoms with Crippen LogP contribution in [0.15, 0.2) is 24.3 Å². The Labute approximate surface area is 105 Å². The van der Waals surface area contributed by atoms with E-state index in [-0.39, 0.29) is 11.9 Å². The number of benzene rings is 1. The molecule has 1 aliphatic rings. The quantitative estimate of drug-likeness (QED) is 0.718. The number of amides is 1. The summed E-state index contributed by atoms with van der Waals surface area (Å²) in [4.78, 5) is 22.0. The number of hydrogen-bond acceptors (Lipinski definition) is 3. The molecule has 0 saturated carbocycles. The van der Waals surface area contributed by atoms with E-state index in [0.29, 0.717) is 25.1 Å². The van der Waals surface area contributed by atoms with Crippen molar-refractivity contribution in [1.29, 1.82) is 0 Å². The van der Waals surface area contributed by atoms with Crippen molar-refractivity contribution < 1.29 is 14.7 Å². The highest BCUT2D eigenvalue weighted by atomic mass is 16.4. The zero-order valence-corrected chi connectivity index (χ0v) is 9.98. The molecule has 1 aromatic rings. The fourth-order valence-corrected chi connectivity index (χ4v) is 2.09. The number of carbonyl (C=O) groups excluding carboxylic acids is 1. The molecule has 1 fully saturated rings. The molecule has 0 aromatic heterocycles. The number of hydrogen-bond donors (Lipinski definition) is 3. The molecule has 2 rings (SSSR count). The molecule has 3 N–H and O–H groups in total. The van der Waals surface area contributed by atoms with E-state index in [4.69, 9.17) is 5.11 Å². The summed E-state index contributed by atoms with van der Waals surface area (Å²) in [6, 6.07) is 7.08. The topological polar surface area (TPSA) is 78.4 Å². The van der Waals surface area contributed by atoms with E-state index in [1.165, 1.54) is 0 Å². The molecule has 1 saturated heterocycles. The van der Waals surface area contributed by atoms with Gasteiger partial charge in [-0.3, -0.25) is 4.79 Å². The fraction of sp³-hybridized carbons (Fsp3) is 0.385. The lowest BCUT2D eigenvalue weighted by Gasteiger charge is -2.12. The molecule has 0 aliphatic carbocycles. The SMILES string of the molecule is O=C1CCC(CNCc2ccccc2C(=O)O)N1. The summed E-state index contributed by atoms with van der Waals surface area (Å²) in [6.45, 7) is 1.16. The lowest BCUT2D eigenvalue weighted by molar-refractivity contribution is -0.119. The second kappa shape index (κ2) is 5.64. The number of nitrogens with one attached hydrogen (secondary N) is 2. The highest BCUT2D eigenvalue weighted by Gasteiger charge is 2.20. The van der Waals surface area contributed by atoms with E-state index in [0.717, 1.165) is 12.0 Å². The van der Waals surface area contributed by atoms with Crippen molar-refractivity contribution in [2.75, 3.05) is 6.54 Å². The third-order valence-corrected chi connectivity index (χ3v) is 3.04. The van der Waals surface area contributed by atoms with E-state index in [1.54, 1.807) is 18.2 Å². The maximum Gasteiger partial charge on any atom is 0.336 e. The third-order valence-electron chi connectivity index (χ3n) is 3.04. The standard InChI is InChI=1S/C13H16N2O3/c16-12-6-5-10(15-12)8-14-7-9-3-1-2-4-11(9)13(17)18/h1-4,10,14H,5-8H2,(H,15,16)(H,17,18). The van der Waals surface area contributed by atoms with E-state index in [9.17, 15) is 9.59 Å². The van der Waals surface area contributed by atoms with Crippen LogP contribution in [0.25, 0.3) is 0 Å². The highest BCUT2D eigenvalue weighted by molar-refractivity contribution is 5.89. The largest absolute Gasteiger partial charge is 0.478 e. The summed E-state index contributed by atoms with van der Waals surface area (Å²) in [6.07, 6.45) is 1.42. The smallest absolute Gasteiger partial charge is 0.336 e. The minimum atomic E-state index is -0.915. The molecule has 0 bridgehead atoms. The molecule has 0 spiro atoms. The maximum atomic E-state index is 11.0. The van der Waals surface area contributed by atoms with Crippen molar-refractivity contribution in [2.45, 2.75) is 25.4 Å². The Hall–Kier alpha value is -1.88. The number of rotatable bonds is 5. The van der Waals surface area contributed by atoms with Crippen LogP contribution in [0.4, 0.5) is 0 Å². The summed E-state index contributed by atoms with van der Waals surface area (Å²) < 4.78 is 0. The molecular weight excluding hydrogens is 232 g/mol. The Morgan fingerprint density at radius 2 is 2.22 bits per heavy atom. The van der Waals surface area contributed by atoms with Crippen LogP contribution in [-0.4, -0.2) is 29.6 Å². The van der Waals surface area contributed by atoms with Crippen LogP contribution >= 0.6 is 0 Å². The summed E-state index contributed by atoms with van der Waals surface area (Å²) in [5.41, 5.74) is 1.08. The van der Waals surface area contributed by atoms with Crippen molar-refractivity contribution in [3.8, 4) is 0 Å². The molecule has 18 heavy (non-hydrogen) atoms. The van der Waals surface area contributed by atoms with Gasteiger partial charge >= 0.3 is 5.97 Å². The molecule has 1 unspecified atom stereocenters. The van der Waals surface area contributed by atoms with Crippen molar-refractivity contribution >= 4 is 11.9 Å². The molecule has 1 aromatic carbocycles. The van der Waals surface area contributed by atoms with Gasteiger partial charge in [0.1, 0.15) is 0 Å². The van der Waals surface area contributed by atoms with Gasteiger partial charge in [0.2, 0.25) is 5.91 Å². The monoisotopic (exact) mass is 248 g/mol. The molecule has 96 valence electrons. The number of carbonyl (C=O) groups is 2. The van der Waals surface area contributed by atoms with Gasteiger partial charge in [-0.25, -0.2) is 4.79 Å². The zero-order chi connectivity index (χ0) is 13.0. The van der Waals surface area contributed by atoms with Crippen LogP contribution in [0.2, 0.25) is 0 Å². The van der Waals surface area contributed by atoms with Gasteiger partial charge in [0, 0.05) is 25.6 Å². The molecular formula is C13H16N2O3. The molecule has 0 radical (unpaired) electrons. The van der Waals surface area contributed by atoms with Crippen LogP contribution in [0.3, 0.4) is 0 Å². The van der Waals surface area contributed by atoms with E-state index >= 15 is 0 Å². The molecule has 1 aliphatic heterocycles. The lowest BCUT2D eigenvalue weighted by atomic mass is 10.1. The first-order valence-electron chi connectivity index (χ1n) is 5.98. The first kappa shape index (κ1) is 12.6. The van der Waals surface area contributed by atoms with Crippen LogP contribution in [0.5, 0.6) is 0 Å². The Balaban J connectivity index is 1.86. The van der Waals surface area contributed by atoms with Gasteiger partial charge in [0.15, 0.2) is 0 Å². The Kier molecular flexibility index (Phi) is 3.94. The average molecular weight is 248 g/mol. The molecule has 1 amide bonds. The lowest BCUT2D eigenvalue weighted by Crippen LogP contribution is -2.35. The molecule has 5 nitrogen and oxygen atoms in total. The van der Waals surface area contributed by atoms with Gasteiger partial charge in [0.25, 0.3) is 0 Å². The fourth-order valence-electron chi connectivity index (χ4n) is 2.09. The van der Waals surface area contributed by atoms with Crippen LogP contribution in [0, 0.1) is 0 Å². The van der Waals surface area contributed by atoms with Crippen LogP contribution in [0.1, 0.15) is 28.8 Å². The minimum Gasteiger partial charge on any atom is -0.478 e. The number of carboxylic acids is 1. The maximum absolute atomic E-state index is 11.0. The number of carboxylic acid groups (broad SMARTS) is 1. The van der Waals surface area contributed by atoms with E-state index in [2.05, 4.69) is 10.6 Å². The first-order valence-corrected chi connectivity index (χ1v) is 5.98. The van der Waals surface area contributed by atoms with Gasteiger partial charge in [0.05, 0.1) is 5.56 Å². The number of aromatic carboxylic acids is 1. The molecule has 1 atom stereocenters. The summed E-state index contributed by atoms with van der Waals surface area (Å²) in [7, 11) is 0. The van der Waals surface area contributed by atoms with Gasteiger partial charge < -0.3 is 15.7 Å². The second-order valence-electron chi connectivity index (χ2n) is 4.40. The molecule has 1 heterocycles. The predicted molar refractivity (Wildman–Crippen MR) is 66.3 cm³/mol. The molecule has 5 heteroatoms. The summed E-state index contributed by atoms with van der Waals surface area (Å²) >= 11 is 0. The first-order chi connectivity index (χ1) is 8.66. The third kappa shape index (κ3) is 3.07. The van der Waals surface area contributed by atoms with Crippen molar-refractivity contribution in [3.63, 3.8) is 0 Å². The summed E-state index contributed by atoms with van der Waals surface area (Å²) in [5, 5.41) is 15.1. The zero-order valence-electron chi connectivity index (χ0n) is 9.98. The van der Waals surface area contributed by atoms with Crippen molar-refractivity contribution in [3.05, 3.63) is 35.4 Å². The predicted octanol–water partition coefficient (Wildman–Crippen LogP) is 0.753. The minimum absolute atomic E-state index is 0.0905. The Bertz CT molecular complexity index is 459. The van der Waals surface area contributed by atoms with Crippen LogP contribution < -0.4 is 10.6 Å². The van der Waals surface area contributed by atoms with Gasteiger partial charge in [-0.1, -0.05) is 18.2 Å². The second-order valence-corrected chi connectivity index (χ2v) is 4.40. The average Bonchev–Trinajstić information content (AvgIpc) is 2.75. The van der Waals surface area contributed by atoms with Gasteiger partial charge in [-0.05, 0) is 18.1 Å². The van der Waals surface area contributed by atoms with Crippen LogP contribution in [-0.2, 0) is 11.3 Å². The van der Waals surface area contributed by atoms with Crippen molar-refractivity contribution in [2.24, 2.45) is 0 Å². The van der Waals surface area contributed by atoms with Crippen molar-refractivity contribution in [1.82, 2.24) is 10.6 Å². The summed E-state index contributed by atoms with van der Waals surface area (Å²) in [5.74, 6) is -0.825. The van der Waals surface area contributed by atoms with Gasteiger partial charge in [-0.15, -0.1) is 0 Å².